The molecule has 2 aliphatic heterocycles. The van der Waals surface area contributed by atoms with Crippen LogP contribution in [-0.2, 0) is 0 Å². The van der Waals surface area contributed by atoms with E-state index < -0.39 is 0 Å². The van der Waals surface area contributed by atoms with Crippen molar-refractivity contribution in [3.63, 3.8) is 0 Å². The molecular formula is C12H25N3. The second-order valence-corrected chi connectivity index (χ2v) is 4.90. The van der Waals surface area contributed by atoms with Gasteiger partial charge in [-0.3, -0.25) is 4.90 Å². The molecule has 0 amide bonds. The zero-order chi connectivity index (χ0) is 10.5. The average Bonchev–Trinajstić information content (AvgIpc) is 2.64. The second kappa shape index (κ2) is 5.83. The van der Waals surface area contributed by atoms with Crippen molar-refractivity contribution < 1.29 is 0 Å². The number of hydrogen-bond donors (Lipinski definition) is 1. The molecule has 0 bridgehead atoms. The number of nitrogens with zero attached hydrogens (tertiary/aromatic N) is 2. The highest BCUT2D eigenvalue weighted by Crippen LogP contribution is 2.09. The Morgan fingerprint density at radius 2 is 1.93 bits per heavy atom. The van der Waals surface area contributed by atoms with Gasteiger partial charge in [0.1, 0.15) is 0 Å². The molecule has 1 N–H and O–H groups in total. The van der Waals surface area contributed by atoms with Crippen LogP contribution in [0.1, 0.15) is 26.2 Å². The first kappa shape index (κ1) is 11.4. The molecule has 2 rings (SSSR count). The van der Waals surface area contributed by atoms with Gasteiger partial charge in [0.05, 0.1) is 0 Å². The summed E-state index contributed by atoms with van der Waals surface area (Å²) in [6, 6.07) is 0.826. The van der Waals surface area contributed by atoms with Crippen molar-refractivity contribution in [3.05, 3.63) is 0 Å². The topological polar surface area (TPSA) is 18.5 Å². The fourth-order valence-corrected chi connectivity index (χ4v) is 2.57. The van der Waals surface area contributed by atoms with Crippen molar-refractivity contribution in [3.8, 4) is 0 Å². The summed E-state index contributed by atoms with van der Waals surface area (Å²) in [5.41, 5.74) is 0. The summed E-state index contributed by atoms with van der Waals surface area (Å²) in [6.45, 7) is 11.2. The van der Waals surface area contributed by atoms with E-state index in [0.717, 1.165) is 6.04 Å². The molecule has 2 heterocycles. The van der Waals surface area contributed by atoms with Crippen molar-refractivity contribution >= 4 is 0 Å². The molecule has 2 saturated heterocycles. The molecule has 0 atom stereocenters. The highest BCUT2D eigenvalue weighted by atomic mass is 15.3. The summed E-state index contributed by atoms with van der Waals surface area (Å²) < 4.78 is 0. The van der Waals surface area contributed by atoms with Crippen LogP contribution in [0.2, 0.25) is 0 Å². The summed E-state index contributed by atoms with van der Waals surface area (Å²) in [6.07, 6.45) is 4.12. The van der Waals surface area contributed by atoms with E-state index in [9.17, 15) is 0 Å². The van der Waals surface area contributed by atoms with E-state index in [1.807, 2.05) is 0 Å². The van der Waals surface area contributed by atoms with E-state index in [2.05, 4.69) is 22.0 Å². The standard InChI is InChI=1S/C12H25N3/c1-2-5-15(12-10-13-11-12)9-8-14-6-3-4-7-14/h12-13H,2-11H2,1H3. The summed E-state index contributed by atoms with van der Waals surface area (Å²) in [5.74, 6) is 0. The van der Waals surface area contributed by atoms with Gasteiger partial charge < -0.3 is 10.2 Å². The van der Waals surface area contributed by atoms with Crippen LogP contribution < -0.4 is 5.32 Å². The van der Waals surface area contributed by atoms with Crippen LogP contribution in [0.5, 0.6) is 0 Å². The lowest BCUT2D eigenvalue weighted by Crippen LogP contribution is -2.58. The van der Waals surface area contributed by atoms with Gasteiger partial charge in [-0.05, 0) is 38.9 Å². The quantitative estimate of drug-likeness (QED) is 0.700. The number of hydrogen-bond acceptors (Lipinski definition) is 3. The van der Waals surface area contributed by atoms with Gasteiger partial charge in [-0.1, -0.05) is 6.92 Å². The van der Waals surface area contributed by atoms with Gasteiger partial charge in [-0.15, -0.1) is 0 Å². The van der Waals surface area contributed by atoms with Crippen LogP contribution in [0.25, 0.3) is 0 Å². The molecule has 15 heavy (non-hydrogen) atoms. The summed E-state index contributed by atoms with van der Waals surface area (Å²) in [4.78, 5) is 5.30. The number of likely N-dealkylation sites (tertiary alicyclic amines) is 1. The maximum Gasteiger partial charge on any atom is 0.0345 e. The first-order valence-corrected chi connectivity index (χ1v) is 6.57. The van der Waals surface area contributed by atoms with Crippen molar-refractivity contribution in [1.29, 1.82) is 0 Å². The monoisotopic (exact) mass is 211 g/mol. The Labute approximate surface area is 93.8 Å². The molecule has 0 aliphatic carbocycles. The minimum atomic E-state index is 0.826. The zero-order valence-corrected chi connectivity index (χ0v) is 10.0. The summed E-state index contributed by atoms with van der Waals surface area (Å²) in [5, 5.41) is 3.37. The number of nitrogens with one attached hydrogen (secondary N) is 1. The van der Waals surface area contributed by atoms with E-state index in [-0.39, 0.29) is 0 Å². The molecule has 0 radical (unpaired) electrons. The Bertz CT molecular complexity index is 174. The third-order valence-corrected chi connectivity index (χ3v) is 3.69. The van der Waals surface area contributed by atoms with Gasteiger partial charge in [0.2, 0.25) is 0 Å². The minimum Gasteiger partial charge on any atom is -0.314 e. The van der Waals surface area contributed by atoms with Crippen LogP contribution >= 0.6 is 0 Å². The van der Waals surface area contributed by atoms with E-state index in [0.29, 0.717) is 0 Å². The smallest absolute Gasteiger partial charge is 0.0345 e. The van der Waals surface area contributed by atoms with Crippen LogP contribution in [-0.4, -0.2) is 61.7 Å². The molecule has 0 spiro atoms. The molecular weight excluding hydrogens is 186 g/mol. The van der Waals surface area contributed by atoms with Gasteiger partial charge in [-0.25, -0.2) is 0 Å². The van der Waals surface area contributed by atoms with Crippen LogP contribution in [0.4, 0.5) is 0 Å². The first-order valence-electron chi connectivity index (χ1n) is 6.57. The van der Waals surface area contributed by atoms with Crippen LogP contribution in [0.3, 0.4) is 0 Å². The largest absolute Gasteiger partial charge is 0.314 e. The SMILES string of the molecule is CCCN(CCN1CCCC1)C1CNC1. The molecule has 2 fully saturated rings. The lowest BCUT2D eigenvalue weighted by Gasteiger charge is -2.38. The van der Waals surface area contributed by atoms with Crippen molar-refractivity contribution in [2.45, 2.75) is 32.2 Å². The van der Waals surface area contributed by atoms with E-state index >= 15 is 0 Å². The Morgan fingerprint density at radius 3 is 2.47 bits per heavy atom. The lowest BCUT2D eigenvalue weighted by atomic mass is 10.1. The van der Waals surface area contributed by atoms with E-state index in [4.69, 9.17) is 0 Å². The fourth-order valence-electron chi connectivity index (χ4n) is 2.57. The van der Waals surface area contributed by atoms with Crippen LogP contribution in [0.15, 0.2) is 0 Å². The Balaban J connectivity index is 1.68. The van der Waals surface area contributed by atoms with Gasteiger partial charge in [0.15, 0.2) is 0 Å². The van der Waals surface area contributed by atoms with Gasteiger partial charge in [0, 0.05) is 32.2 Å². The molecule has 88 valence electrons. The lowest BCUT2D eigenvalue weighted by molar-refractivity contribution is 0.130. The molecule has 3 nitrogen and oxygen atoms in total. The van der Waals surface area contributed by atoms with Gasteiger partial charge in [-0.2, -0.15) is 0 Å². The molecule has 0 unspecified atom stereocenters. The average molecular weight is 211 g/mol. The first-order chi connectivity index (χ1) is 7.40. The second-order valence-electron chi connectivity index (χ2n) is 4.90. The maximum absolute atomic E-state index is 3.37. The van der Waals surface area contributed by atoms with Crippen LogP contribution in [0, 0.1) is 0 Å². The van der Waals surface area contributed by atoms with Crippen molar-refractivity contribution in [2.24, 2.45) is 0 Å². The maximum atomic E-state index is 3.37. The molecule has 0 aromatic carbocycles. The van der Waals surface area contributed by atoms with Crippen molar-refractivity contribution in [1.82, 2.24) is 15.1 Å². The third kappa shape index (κ3) is 3.16. The zero-order valence-electron chi connectivity index (χ0n) is 10.0. The predicted molar refractivity (Wildman–Crippen MR) is 64.2 cm³/mol. The molecule has 0 saturated carbocycles. The van der Waals surface area contributed by atoms with Gasteiger partial charge in [0.25, 0.3) is 0 Å². The predicted octanol–water partition coefficient (Wildman–Crippen LogP) is 0.766. The van der Waals surface area contributed by atoms with Gasteiger partial charge >= 0.3 is 0 Å². The Hall–Kier alpha value is -0.120. The molecule has 0 aromatic heterocycles. The highest BCUT2D eigenvalue weighted by molar-refractivity contribution is 4.85. The van der Waals surface area contributed by atoms with E-state index in [1.54, 1.807) is 0 Å². The molecule has 2 aliphatic rings. The minimum absolute atomic E-state index is 0.826. The fraction of sp³-hybridized carbons (Fsp3) is 1.00. The highest BCUT2D eigenvalue weighted by Gasteiger charge is 2.24. The normalized spacial score (nSPS) is 23.6. The number of rotatable bonds is 6. The van der Waals surface area contributed by atoms with Crippen molar-refractivity contribution in [2.75, 3.05) is 45.8 Å². The summed E-state index contributed by atoms with van der Waals surface area (Å²) >= 11 is 0. The molecule has 0 aromatic rings. The third-order valence-electron chi connectivity index (χ3n) is 3.69. The molecule has 3 heteroatoms. The Morgan fingerprint density at radius 1 is 1.20 bits per heavy atom. The summed E-state index contributed by atoms with van der Waals surface area (Å²) in [7, 11) is 0. The van der Waals surface area contributed by atoms with E-state index in [1.165, 1.54) is 65.1 Å². The Kier molecular flexibility index (Phi) is 4.42.